The average Bonchev–Trinajstić information content (AvgIpc) is 2.14. The average molecular weight is 131 g/mol. The molecule has 0 spiro atoms. The standard InChI is InChI=1S/C5H4FOS/c1-7-4-2-5(6)8-3-4/h2H,1H3. The molecule has 1 radical (unpaired) electrons. The Morgan fingerprint density at radius 3 is 2.88 bits per heavy atom. The second-order valence-electron chi connectivity index (χ2n) is 1.22. The lowest BCUT2D eigenvalue weighted by Gasteiger charge is -1.86. The Morgan fingerprint density at radius 1 is 1.88 bits per heavy atom. The molecule has 0 aliphatic rings. The van der Waals surface area contributed by atoms with Gasteiger partial charge in [0.25, 0.3) is 0 Å². The molecule has 0 bridgehead atoms. The third-order valence-electron chi connectivity index (χ3n) is 0.714. The van der Waals surface area contributed by atoms with Crippen LogP contribution in [0.15, 0.2) is 6.07 Å². The van der Waals surface area contributed by atoms with Crippen molar-refractivity contribution in [3.05, 3.63) is 16.6 Å². The lowest BCUT2D eigenvalue weighted by Crippen LogP contribution is -1.75. The summed E-state index contributed by atoms with van der Waals surface area (Å²) in [4.78, 5) is 0. The summed E-state index contributed by atoms with van der Waals surface area (Å²) < 4.78 is 16.7. The van der Waals surface area contributed by atoms with E-state index < -0.39 is 0 Å². The Bertz CT molecular complexity index is 173. The van der Waals surface area contributed by atoms with E-state index in [9.17, 15) is 4.39 Å². The van der Waals surface area contributed by atoms with Crippen LogP contribution in [-0.2, 0) is 0 Å². The van der Waals surface area contributed by atoms with Crippen LogP contribution in [0.2, 0.25) is 0 Å². The van der Waals surface area contributed by atoms with Gasteiger partial charge in [0.1, 0.15) is 5.75 Å². The van der Waals surface area contributed by atoms with E-state index in [0.29, 0.717) is 5.75 Å². The topological polar surface area (TPSA) is 9.23 Å². The lowest BCUT2D eigenvalue weighted by atomic mass is 10.6. The highest BCUT2D eigenvalue weighted by Crippen LogP contribution is 2.17. The van der Waals surface area contributed by atoms with Crippen molar-refractivity contribution in [3.63, 3.8) is 0 Å². The zero-order valence-corrected chi connectivity index (χ0v) is 5.09. The van der Waals surface area contributed by atoms with Gasteiger partial charge in [0.05, 0.1) is 12.5 Å². The number of hydrogen-bond donors (Lipinski definition) is 0. The summed E-state index contributed by atoms with van der Waals surface area (Å²) in [5, 5.41) is 2.34. The van der Waals surface area contributed by atoms with Gasteiger partial charge < -0.3 is 4.74 Å². The summed E-state index contributed by atoms with van der Waals surface area (Å²) in [6.07, 6.45) is 0. The lowest BCUT2D eigenvalue weighted by molar-refractivity contribution is 0.414. The van der Waals surface area contributed by atoms with Crippen molar-refractivity contribution >= 4 is 11.3 Å². The fourth-order valence-corrected chi connectivity index (χ4v) is 0.868. The molecule has 0 atom stereocenters. The molecule has 0 aliphatic heterocycles. The van der Waals surface area contributed by atoms with Gasteiger partial charge in [-0.1, -0.05) is 0 Å². The predicted molar refractivity (Wildman–Crippen MR) is 29.7 cm³/mol. The summed E-state index contributed by atoms with van der Waals surface area (Å²) in [5.74, 6) is 0.465. The molecule has 1 aromatic rings. The molecule has 1 heterocycles. The molecule has 1 aromatic heterocycles. The Labute approximate surface area is 50.7 Å². The van der Waals surface area contributed by atoms with E-state index in [4.69, 9.17) is 0 Å². The Kier molecular flexibility index (Phi) is 1.48. The first-order valence-electron chi connectivity index (χ1n) is 2.04. The van der Waals surface area contributed by atoms with Crippen molar-refractivity contribution in [3.8, 4) is 5.75 Å². The van der Waals surface area contributed by atoms with Crippen molar-refractivity contribution in [1.82, 2.24) is 0 Å². The fourth-order valence-electron chi connectivity index (χ4n) is 0.362. The summed E-state index contributed by atoms with van der Waals surface area (Å²) in [7, 11) is 1.48. The molecule has 0 aromatic carbocycles. The van der Waals surface area contributed by atoms with E-state index in [1.54, 1.807) is 0 Å². The van der Waals surface area contributed by atoms with Crippen LogP contribution in [-0.4, -0.2) is 7.11 Å². The van der Waals surface area contributed by atoms with Crippen LogP contribution in [0.5, 0.6) is 5.75 Å². The fraction of sp³-hybridized carbons (Fsp3) is 0.200. The Balaban J connectivity index is 2.84. The van der Waals surface area contributed by atoms with Crippen molar-refractivity contribution < 1.29 is 9.13 Å². The highest BCUT2D eigenvalue weighted by Gasteiger charge is 1.95. The third kappa shape index (κ3) is 0.980. The zero-order valence-electron chi connectivity index (χ0n) is 4.27. The third-order valence-corrected chi connectivity index (χ3v) is 1.33. The second kappa shape index (κ2) is 2.13. The quantitative estimate of drug-likeness (QED) is 0.563. The summed E-state index contributed by atoms with van der Waals surface area (Å²) in [6.45, 7) is 0. The van der Waals surface area contributed by atoms with Crippen LogP contribution in [0.3, 0.4) is 0 Å². The molecule has 0 aliphatic carbocycles. The highest BCUT2D eigenvalue weighted by molar-refractivity contribution is 7.08. The zero-order chi connectivity index (χ0) is 5.98. The molecular formula is C5H4FOS. The van der Waals surface area contributed by atoms with Gasteiger partial charge in [-0.05, 0) is 0 Å². The minimum absolute atomic E-state index is 0.262. The molecule has 0 amide bonds. The van der Waals surface area contributed by atoms with Gasteiger partial charge in [-0.2, -0.15) is 4.39 Å². The second-order valence-corrected chi connectivity index (χ2v) is 2.02. The van der Waals surface area contributed by atoms with Gasteiger partial charge in [-0.3, -0.25) is 0 Å². The molecule has 1 nitrogen and oxygen atoms in total. The molecule has 0 unspecified atom stereocenters. The first-order valence-corrected chi connectivity index (χ1v) is 2.85. The number of hydrogen-bond acceptors (Lipinski definition) is 2. The predicted octanol–water partition coefficient (Wildman–Crippen LogP) is 1.70. The Hall–Kier alpha value is -0.570. The molecule has 0 saturated heterocycles. The minimum atomic E-state index is -0.262. The number of ether oxygens (including phenoxy) is 1. The summed E-state index contributed by atoms with van der Waals surface area (Å²) in [6, 6.07) is 1.30. The van der Waals surface area contributed by atoms with Crippen molar-refractivity contribution in [2.45, 2.75) is 0 Å². The summed E-state index contributed by atoms with van der Waals surface area (Å²) >= 11 is 0.912. The molecule has 0 N–H and O–H groups in total. The largest absolute Gasteiger partial charge is 0.495 e. The van der Waals surface area contributed by atoms with E-state index in [-0.39, 0.29) is 5.13 Å². The van der Waals surface area contributed by atoms with Crippen LogP contribution in [0, 0.1) is 10.5 Å². The normalized spacial score (nSPS) is 9.25. The number of thiophene rings is 1. The van der Waals surface area contributed by atoms with E-state index in [1.807, 2.05) is 0 Å². The van der Waals surface area contributed by atoms with E-state index >= 15 is 0 Å². The maximum Gasteiger partial charge on any atom is 0.180 e. The Morgan fingerprint density at radius 2 is 2.62 bits per heavy atom. The number of halogens is 1. The van der Waals surface area contributed by atoms with Crippen LogP contribution >= 0.6 is 11.3 Å². The minimum Gasteiger partial charge on any atom is -0.495 e. The van der Waals surface area contributed by atoms with Crippen LogP contribution in [0.25, 0.3) is 0 Å². The molecule has 0 fully saturated rings. The van der Waals surface area contributed by atoms with Gasteiger partial charge in [-0.25, -0.2) is 0 Å². The van der Waals surface area contributed by atoms with E-state index in [2.05, 4.69) is 10.1 Å². The molecule has 43 valence electrons. The van der Waals surface area contributed by atoms with Gasteiger partial charge in [-0.15, -0.1) is 11.3 Å². The number of rotatable bonds is 1. The maximum atomic E-state index is 12.0. The molecule has 3 heteroatoms. The van der Waals surface area contributed by atoms with E-state index in [0.717, 1.165) is 11.3 Å². The van der Waals surface area contributed by atoms with Gasteiger partial charge in [0.15, 0.2) is 5.13 Å². The molecule has 0 saturated carbocycles. The first-order chi connectivity index (χ1) is 3.83. The summed E-state index contributed by atoms with van der Waals surface area (Å²) in [5.41, 5.74) is 0. The molecular weight excluding hydrogens is 127 g/mol. The SMILES string of the molecule is COc1[c]sc(F)c1. The van der Waals surface area contributed by atoms with Crippen LogP contribution in [0.1, 0.15) is 0 Å². The molecule has 1 rings (SSSR count). The highest BCUT2D eigenvalue weighted by atomic mass is 32.1. The van der Waals surface area contributed by atoms with Gasteiger partial charge >= 0.3 is 0 Å². The van der Waals surface area contributed by atoms with Crippen LogP contribution in [0.4, 0.5) is 4.39 Å². The van der Waals surface area contributed by atoms with Crippen molar-refractivity contribution in [1.29, 1.82) is 0 Å². The maximum absolute atomic E-state index is 12.0. The van der Waals surface area contributed by atoms with Crippen molar-refractivity contribution in [2.24, 2.45) is 0 Å². The van der Waals surface area contributed by atoms with E-state index in [1.165, 1.54) is 13.2 Å². The van der Waals surface area contributed by atoms with Gasteiger partial charge in [0.2, 0.25) is 0 Å². The first kappa shape index (κ1) is 5.56. The van der Waals surface area contributed by atoms with Crippen molar-refractivity contribution in [2.75, 3.05) is 7.11 Å². The van der Waals surface area contributed by atoms with Gasteiger partial charge in [0, 0.05) is 6.07 Å². The monoisotopic (exact) mass is 131 g/mol. The number of methoxy groups -OCH3 is 1. The van der Waals surface area contributed by atoms with Crippen LogP contribution < -0.4 is 4.74 Å². The smallest absolute Gasteiger partial charge is 0.180 e. The molecule has 8 heavy (non-hydrogen) atoms.